The van der Waals surface area contributed by atoms with Gasteiger partial charge in [0, 0.05) is 7.05 Å². The van der Waals surface area contributed by atoms with Crippen LogP contribution in [0.15, 0.2) is 69.9 Å². The number of furan rings is 1. The molecule has 150 valence electrons. The van der Waals surface area contributed by atoms with Gasteiger partial charge in [-0.15, -0.1) is 11.3 Å². The molecule has 3 aromatic heterocycles. The van der Waals surface area contributed by atoms with Crippen LogP contribution < -0.4 is 11.0 Å². The smallest absolute Gasteiger partial charge is 0.329 e. The van der Waals surface area contributed by atoms with Crippen molar-refractivity contribution < 1.29 is 9.21 Å². The molecule has 0 saturated heterocycles. The molecule has 0 aliphatic rings. The lowest BCUT2D eigenvalue weighted by Crippen LogP contribution is -2.32. The zero-order chi connectivity index (χ0) is 20.7. The molecule has 0 aliphatic heterocycles. The number of thiazole rings is 1. The maximum absolute atomic E-state index is 12.5. The van der Waals surface area contributed by atoms with Gasteiger partial charge < -0.3 is 9.73 Å². The number of hydrogen-bond donors (Lipinski definition) is 1. The first kappa shape index (κ1) is 18.4. The number of fused-ring (bicyclic) bond motifs is 2. The third kappa shape index (κ3) is 3.21. The van der Waals surface area contributed by atoms with Gasteiger partial charge >= 0.3 is 5.69 Å². The van der Waals surface area contributed by atoms with Crippen molar-refractivity contribution in [2.45, 2.75) is 13.1 Å². The summed E-state index contributed by atoms with van der Waals surface area (Å²) in [5, 5.41) is 3.62. The first-order valence-corrected chi connectivity index (χ1v) is 10.3. The summed E-state index contributed by atoms with van der Waals surface area (Å²) in [4.78, 5) is 29.5. The van der Waals surface area contributed by atoms with Gasteiger partial charge in [-0.25, -0.2) is 9.78 Å². The number of imidazole rings is 1. The molecule has 3 heterocycles. The normalized spacial score (nSPS) is 11.4. The van der Waals surface area contributed by atoms with Gasteiger partial charge in [-0.2, -0.15) is 0 Å². The number of benzene rings is 2. The molecule has 2 aromatic carbocycles. The highest BCUT2D eigenvalue weighted by molar-refractivity contribution is 7.21. The van der Waals surface area contributed by atoms with Gasteiger partial charge in [0.1, 0.15) is 12.3 Å². The molecule has 8 heteroatoms. The van der Waals surface area contributed by atoms with Crippen molar-refractivity contribution in [3.05, 3.63) is 76.9 Å². The van der Waals surface area contributed by atoms with Crippen LogP contribution in [0.3, 0.4) is 0 Å². The van der Waals surface area contributed by atoms with Crippen LogP contribution in [0.4, 0.5) is 0 Å². The number of para-hydroxylation sites is 3. The molecule has 0 fully saturated rings. The first-order chi connectivity index (χ1) is 14.6. The molecule has 0 bridgehead atoms. The van der Waals surface area contributed by atoms with Crippen LogP contribution in [-0.2, 0) is 24.9 Å². The van der Waals surface area contributed by atoms with Crippen LogP contribution in [0.2, 0.25) is 0 Å². The molecule has 5 rings (SSSR count). The van der Waals surface area contributed by atoms with E-state index in [1.165, 1.54) is 4.57 Å². The molecular weight excluding hydrogens is 400 g/mol. The van der Waals surface area contributed by atoms with E-state index in [0.717, 1.165) is 26.3 Å². The average molecular weight is 418 g/mol. The van der Waals surface area contributed by atoms with Crippen LogP contribution in [0.1, 0.15) is 5.76 Å². The fourth-order valence-corrected chi connectivity index (χ4v) is 4.39. The number of carbonyl (C=O) groups excluding carboxylic acids is 1. The highest BCUT2D eigenvalue weighted by atomic mass is 32.1. The molecule has 0 aliphatic carbocycles. The number of rotatable bonds is 5. The van der Waals surface area contributed by atoms with Gasteiger partial charge in [0.05, 0.1) is 27.8 Å². The summed E-state index contributed by atoms with van der Waals surface area (Å²) in [6.07, 6.45) is 0. The average Bonchev–Trinajstić information content (AvgIpc) is 3.46. The SMILES string of the molecule is Cn1c(=O)n(CC(=O)NCc2ccc(-c3nc4ccccc4s3)o2)c2ccccc21. The zero-order valence-corrected chi connectivity index (χ0v) is 17.0. The summed E-state index contributed by atoms with van der Waals surface area (Å²) in [6.45, 7) is 0.189. The monoisotopic (exact) mass is 418 g/mol. The number of hydrogen-bond acceptors (Lipinski definition) is 5. The summed E-state index contributed by atoms with van der Waals surface area (Å²) >= 11 is 1.56. The van der Waals surface area contributed by atoms with Gasteiger partial charge in [0.25, 0.3) is 0 Å². The van der Waals surface area contributed by atoms with Crippen LogP contribution in [0.5, 0.6) is 0 Å². The molecule has 0 unspecified atom stereocenters. The van der Waals surface area contributed by atoms with Crippen molar-refractivity contribution in [1.29, 1.82) is 0 Å². The number of aryl methyl sites for hydroxylation is 1. The lowest BCUT2D eigenvalue weighted by molar-refractivity contribution is -0.121. The van der Waals surface area contributed by atoms with E-state index in [1.54, 1.807) is 23.0 Å². The summed E-state index contributed by atoms with van der Waals surface area (Å²) in [5.74, 6) is 1.04. The minimum Gasteiger partial charge on any atom is -0.457 e. The van der Waals surface area contributed by atoms with Crippen molar-refractivity contribution in [3.8, 4) is 10.8 Å². The van der Waals surface area contributed by atoms with E-state index in [9.17, 15) is 9.59 Å². The molecule has 30 heavy (non-hydrogen) atoms. The fraction of sp³-hybridized carbons (Fsp3) is 0.136. The van der Waals surface area contributed by atoms with Gasteiger partial charge in [0.2, 0.25) is 5.91 Å². The Kier molecular flexibility index (Phi) is 4.48. The maximum Gasteiger partial charge on any atom is 0.329 e. The predicted octanol–water partition coefficient (Wildman–Crippen LogP) is 3.53. The molecule has 5 aromatic rings. The van der Waals surface area contributed by atoms with Crippen molar-refractivity contribution >= 4 is 38.5 Å². The molecule has 1 amide bonds. The Labute approximate surface area is 175 Å². The minimum atomic E-state index is -0.258. The summed E-state index contributed by atoms with van der Waals surface area (Å²) in [6, 6.07) is 19.0. The topological polar surface area (TPSA) is 82.1 Å². The van der Waals surface area contributed by atoms with E-state index in [4.69, 9.17) is 4.42 Å². The standard InChI is InChI=1S/C22H18N4O3S/c1-25-16-7-3-4-8-17(16)26(22(25)28)13-20(27)23-12-14-10-11-18(29-14)21-24-15-6-2-5-9-19(15)30-21/h2-11H,12-13H2,1H3,(H,23,27). The molecule has 0 radical (unpaired) electrons. The number of carbonyl (C=O) groups is 1. The predicted molar refractivity (Wildman–Crippen MR) is 116 cm³/mol. The van der Waals surface area contributed by atoms with E-state index < -0.39 is 0 Å². The summed E-state index contributed by atoms with van der Waals surface area (Å²) in [5.41, 5.74) is 2.24. The first-order valence-electron chi connectivity index (χ1n) is 9.46. The van der Waals surface area contributed by atoms with Crippen LogP contribution in [0, 0.1) is 0 Å². The van der Waals surface area contributed by atoms with Gasteiger partial charge in [-0.05, 0) is 36.4 Å². The largest absolute Gasteiger partial charge is 0.457 e. The Bertz CT molecular complexity index is 1410. The Balaban J connectivity index is 1.29. The Morgan fingerprint density at radius 3 is 2.67 bits per heavy atom. The Morgan fingerprint density at radius 2 is 1.83 bits per heavy atom. The van der Waals surface area contributed by atoms with E-state index in [0.29, 0.717) is 11.5 Å². The fourth-order valence-electron chi connectivity index (χ4n) is 3.47. The summed E-state index contributed by atoms with van der Waals surface area (Å²) in [7, 11) is 1.70. The second kappa shape index (κ2) is 7.31. The van der Waals surface area contributed by atoms with Gasteiger partial charge in [-0.1, -0.05) is 24.3 Å². The lowest BCUT2D eigenvalue weighted by atomic mass is 10.3. The van der Waals surface area contributed by atoms with Crippen molar-refractivity contribution in [3.63, 3.8) is 0 Å². The quantitative estimate of drug-likeness (QED) is 0.473. The van der Waals surface area contributed by atoms with Crippen LogP contribution in [-0.4, -0.2) is 20.0 Å². The molecule has 7 nitrogen and oxygen atoms in total. The number of amides is 1. The van der Waals surface area contributed by atoms with E-state index in [-0.39, 0.29) is 24.7 Å². The number of aromatic nitrogens is 3. The molecule has 1 N–H and O–H groups in total. The second-order valence-electron chi connectivity index (χ2n) is 6.95. The highest BCUT2D eigenvalue weighted by Gasteiger charge is 2.14. The minimum absolute atomic E-state index is 0.0500. The van der Waals surface area contributed by atoms with Gasteiger partial charge in [0.15, 0.2) is 10.8 Å². The third-order valence-electron chi connectivity index (χ3n) is 4.98. The molecule has 0 saturated carbocycles. The lowest BCUT2D eigenvalue weighted by Gasteiger charge is -2.05. The number of nitrogens with zero attached hydrogens (tertiary/aromatic N) is 3. The van der Waals surface area contributed by atoms with Crippen LogP contribution in [0.25, 0.3) is 32.0 Å². The van der Waals surface area contributed by atoms with E-state index in [2.05, 4.69) is 10.3 Å². The van der Waals surface area contributed by atoms with Crippen molar-refractivity contribution in [2.75, 3.05) is 0 Å². The molecular formula is C22H18N4O3S. The highest BCUT2D eigenvalue weighted by Crippen LogP contribution is 2.31. The second-order valence-corrected chi connectivity index (χ2v) is 7.98. The van der Waals surface area contributed by atoms with E-state index in [1.807, 2.05) is 60.7 Å². The van der Waals surface area contributed by atoms with E-state index >= 15 is 0 Å². The summed E-state index contributed by atoms with van der Waals surface area (Å²) < 4.78 is 9.97. The molecule has 0 spiro atoms. The maximum atomic E-state index is 12.5. The Hall–Kier alpha value is -3.65. The number of nitrogens with one attached hydrogen (secondary N) is 1. The third-order valence-corrected chi connectivity index (χ3v) is 6.03. The molecule has 0 atom stereocenters. The van der Waals surface area contributed by atoms with Gasteiger partial charge in [-0.3, -0.25) is 13.9 Å². The van der Waals surface area contributed by atoms with Crippen LogP contribution >= 0.6 is 11.3 Å². The Morgan fingerprint density at radius 1 is 1.07 bits per heavy atom. The van der Waals surface area contributed by atoms with Crippen molar-refractivity contribution in [2.24, 2.45) is 7.05 Å². The zero-order valence-electron chi connectivity index (χ0n) is 16.2. The van der Waals surface area contributed by atoms with Crippen molar-refractivity contribution in [1.82, 2.24) is 19.4 Å².